The number of thioether (sulfide) groups is 1. The average molecular weight is 375 g/mol. The average Bonchev–Trinajstić information content (AvgIpc) is 3.09. The molecule has 1 aromatic carbocycles. The molecule has 7 heteroatoms. The van der Waals surface area contributed by atoms with E-state index in [1.54, 1.807) is 6.92 Å². The van der Waals surface area contributed by atoms with Gasteiger partial charge in [-0.05, 0) is 18.6 Å². The van der Waals surface area contributed by atoms with E-state index in [-0.39, 0.29) is 0 Å². The third kappa shape index (κ3) is 3.33. The second kappa shape index (κ2) is 6.32. The number of hydrogen-bond acceptors (Lipinski definition) is 5. The van der Waals surface area contributed by atoms with Gasteiger partial charge in [0.1, 0.15) is 5.04 Å². The number of ether oxygens (including phenoxy) is 1. The molecular formula is C19H25N3O3S. The maximum atomic E-state index is 11.8. The molecule has 140 valence electrons. The van der Waals surface area contributed by atoms with E-state index < -0.39 is 22.8 Å². The summed E-state index contributed by atoms with van der Waals surface area (Å²) in [5.74, 6) is 0.413. The number of nitrogens with one attached hydrogen (secondary N) is 1. The van der Waals surface area contributed by atoms with Gasteiger partial charge in [0, 0.05) is 34.7 Å². The first-order valence-electron chi connectivity index (χ1n) is 8.53. The highest BCUT2D eigenvalue weighted by molar-refractivity contribution is 8.14. The summed E-state index contributed by atoms with van der Waals surface area (Å²) in [4.78, 5) is 19.6. The normalized spacial score (nSPS) is 22.9. The van der Waals surface area contributed by atoms with Gasteiger partial charge in [0.25, 0.3) is 0 Å². The van der Waals surface area contributed by atoms with Gasteiger partial charge >= 0.3 is 6.09 Å². The lowest BCUT2D eigenvalue weighted by molar-refractivity contribution is -0.00870. The fraction of sp³-hybridized carbons (Fsp3) is 0.474. The number of fused-ring (bicyclic) bond motifs is 1. The van der Waals surface area contributed by atoms with Crippen LogP contribution < -0.4 is 5.73 Å². The molecule has 0 fully saturated rings. The highest BCUT2D eigenvalue weighted by Gasteiger charge is 2.53. The molecule has 26 heavy (non-hydrogen) atoms. The van der Waals surface area contributed by atoms with E-state index in [1.165, 1.54) is 11.8 Å². The Morgan fingerprint density at radius 3 is 2.69 bits per heavy atom. The second-order valence-electron chi connectivity index (χ2n) is 7.96. The van der Waals surface area contributed by atoms with Gasteiger partial charge in [-0.1, -0.05) is 39.0 Å². The lowest BCUT2D eigenvalue weighted by Crippen LogP contribution is -2.54. The first-order chi connectivity index (χ1) is 12.0. The van der Waals surface area contributed by atoms with Gasteiger partial charge in [0.2, 0.25) is 0 Å². The van der Waals surface area contributed by atoms with E-state index in [2.05, 4.69) is 9.98 Å². The fourth-order valence-electron chi connectivity index (χ4n) is 3.31. The van der Waals surface area contributed by atoms with Gasteiger partial charge < -0.3 is 20.6 Å². The van der Waals surface area contributed by atoms with Crippen LogP contribution in [0.15, 0.2) is 35.5 Å². The summed E-state index contributed by atoms with van der Waals surface area (Å²) in [6.07, 6.45) is 1.48. The summed E-state index contributed by atoms with van der Waals surface area (Å²) in [5.41, 5.74) is 4.72. The Morgan fingerprint density at radius 1 is 1.42 bits per heavy atom. The molecule has 0 aliphatic carbocycles. The minimum Gasteiger partial charge on any atom is -0.435 e. The van der Waals surface area contributed by atoms with Crippen molar-refractivity contribution in [2.45, 2.75) is 45.4 Å². The molecule has 1 aromatic heterocycles. The van der Waals surface area contributed by atoms with Crippen molar-refractivity contribution in [2.75, 3.05) is 5.75 Å². The molecule has 1 aliphatic heterocycles. The Kier molecular flexibility index (Phi) is 4.56. The smallest absolute Gasteiger partial charge is 0.405 e. The molecular weight excluding hydrogens is 350 g/mol. The van der Waals surface area contributed by atoms with Crippen LogP contribution in [0.1, 0.15) is 33.3 Å². The van der Waals surface area contributed by atoms with Crippen LogP contribution in [0.5, 0.6) is 0 Å². The number of primary amides is 1. The zero-order valence-electron chi connectivity index (χ0n) is 15.5. The number of nitrogens with zero attached hydrogens (tertiary/aromatic N) is 1. The largest absolute Gasteiger partial charge is 0.435 e. The van der Waals surface area contributed by atoms with Gasteiger partial charge in [-0.2, -0.15) is 0 Å². The maximum Gasteiger partial charge on any atom is 0.405 e. The molecule has 1 aliphatic rings. The molecule has 1 amide bonds. The Morgan fingerprint density at radius 2 is 2.12 bits per heavy atom. The van der Waals surface area contributed by atoms with Gasteiger partial charge in [-0.3, -0.25) is 0 Å². The lowest BCUT2D eigenvalue weighted by atomic mass is 9.73. The third-order valence-corrected chi connectivity index (χ3v) is 6.16. The van der Waals surface area contributed by atoms with Crippen LogP contribution in [0.2, 0.25) is 0 Å². The number of aliphatic imine (C=N–C) groups is 1. The van der Waals surface area contributed by atoms with Crippen molar-refractivity contribution < 1.29 is 14.6 Å². The zero-order chi connectivity index (χ0) is 19.2. The van der Waals surface area contributed by atoms with Crippen molar-refractivity contribution in [3.05, 3.63) is 36.0 Å². The van der Waals surface area contributed by atoms with Crippen LogP contribution in [0, 0.1) is 5.41 Å². The van der Waals surface area contributed by atoms with Gasteiger partial charge in [-0.25, -0.2) is 9.79 Å². The van der Waals surface area contributed by atoms with E-state index in [1.807, 2.05) is 51.2 Å². The predicted octanol–water partition coefficient (Wildman–Crippen LogP) is 3.44. The molecule has 2 aromatic rings. The molecule has 0 bridgehead atoms. The Labute approximate surface area is 157 Å². The van der Waals surface area contributed by atoms with Crippen molar-refractivity contribution in [1.82, 2.24) is 4.98 Å². The quantitative estimate of drug-likeness (QED) is 0.762. The van der Waals surface area contributed by atoms with E-state index in [0.717, 1.165) is 16.5 Å². The topological polar surface area (TPSA) is 101 Å². The van der Waals surface area contributed by atoms with E-state index in [0.29, 0.717) is 17.2 Å². The second-order valence-corrected chi connectivity index (χ2v) is 8.92. The predicted molar refractivity (Wildman–Crippen MR) is 105 cm³/mol. The third-order valence-electron chi connectivity index (χ3n) is 4.77. The molecule has 4 N–H and O–H groups in total. The Balaban J connectivity index is 2.15. The molecule has 1 unspecified atom stereocenters. The summed E-state index contributed by atoms with van der Waals surface area (Å²) in [6.45, 7) is 7.61. The number of H-pyrrole nitrogens is 1. The number of para-hydroxylation sites is 1. The lowest BCUT2D eigenvalue weighted by Gasteiger charge is -2.43. The number of benzene rings is 1. The number of nitrogens with two attached hydrogens (primary N) is 1. The number of aromatic amines is 1. The van der Waals surface area contributed by atoms with Crippen LogP contribution in [0.4, 0.5) is 4.79 Å². The standard InChI is InChI=1S/C19H25N3O3S/c1-17(2,3)19(25-16(20)23,15-22-18(4,24)11-26-15)9-12-10-21-14-8-6-5-7-13(12)14/h5-8,10,21,24H,9,11H2,1-4H3,(H2,20,23)/t18?,19-/m0/s1. The highest BCUT2D eigenvalue weighted by atomic mass is 32.2. The molecule has 0 spiro atoms. The minimum absolute atomic E-state index is 0.408. The van der Waals surface area contributed by atoms with Crippen molar-refractivity contribution in [3.63, 3.8) is 0 Å². The molecule has 0 radical (unpaired) electrons. The molecule has 2 atom stereocenters. The number of hydrogen-bond donors (Lipinski definition) is 3. The summed E-state index contributed by atoms with van der Waals surface area (Å²) >= 11 is 1.41. The highest BCUT2D eigenvalue weighted by Crippen LogP contribution is 2.45. The maximum absolute atomic E-state index is 11.8. The van der Waals surface area contributed by atoms with Crippen LogP contribution >= 0.6 is 11.8 Å². The van der Waals surface area contributed by atoms with Gasteiger partial charge in [0.05, 0.1) is 0 Å². The fourth-order valence-corrected chi connectivity index (χ4v) is 4.70. The molecule has 3 rings (SSSR count). The molecule has 6 nitrogen and oxygen atoms in total. The number of carbonyl (C=O) groups excluding carboxylic acids is 1. The summed E-state index contributed by atoms with van der Waals surface area (Å²) < 4.78 is 5.76. The molecule has 0 saturated carbocycles. The van der Waals surface area contributed by atoms with Crippen LogP contribution in [0.3, 0.4) is 0 Å². The van der Waals surface area contributed by atoms with E-state index in [9.17, 15) is 9.90 Å². The van der Waals surface area contributed by atoms with Crippen LogP contribution in [0.25, 0.3) is 10.9 Å². The zero-order valence-corrected chi connectivity index (χ0v) is 16.3. The molecule has 2 heterocycles. The van der Waals surface area contributed by atoms with Crippen LogP contribution in [-0.4, -0.2) is 38.3 Å². The van der Waals surface area contributed by atoms with E-state index in [4.69, 9.17) is 10.5 Å². The van der Waals surface area contributed by atoms with E-state index >= 15 is 0 Å². The van der Waals surface area contributed by atoms with Crippen molar-refractivity contribution >= 4 is 33.8 Å². The number of carbonyl (C=O) groups is 1. The monoisotopic (exact) mass is 375 g/mol. The number of rotatable bonds is 4. The summed E-state index contributed by atoms with van der Waals surface area (Å²) in [7, 11) is 0. The van der Waals surface area contributed by atoms with Crippen molar-refractivity contribution in [1.29, 1.82) is 0 Å². The summed E-state index contributed by atoms with van der Waals surface area (Å²) in [5, 5.41) is 12.0. The van der Waals surface area contributed by atoms with Crippen LogP contribution in [-0.2, 0) is 11.2 Å². The number of aliphatic hydroxyl groups is 1. The summed E-state index contributed by atoms with van der Waals surface area (Å²) in [6, 6.07) is 7.96. The first-order valence-corrected chi connectivity index (χ1v) is 9.52. The Bertz CT molecular complexity index is 866. The van der Waals surface area contributed by atoms with Crippen molar-refractivity contribution in [3.8, 4) is 0 Å². The minimum atomic E-state index is -1.18. The molecule has 0 saturated heterocycles. The van der Waals surface area contributed by atoms with Gasteiger partial charge in [-0.15, -0.1) is 11.8 Å². The first kappa shape index (κ1) is 18.8. The SMILES string of the molecule is CC1(O)CSC([C@](Cc2c[nH]c3ccccc23)(OC(N)=O)C(C)(C)C)=N1. The number of aromatic nitrogens is 1. The van der Waals surface area contributed by atoms with Gasteiger partial charge in [0.15, 0.2) is 11.3 Å². The Hall–Kier alpha value is -1.99. The van der Waals surface area contributed by atoms with Crippen molar-refractivity contribution in [2.24, 2.45) is 16.1 Å². The number of amides is 1.